The van der Waals surface area contributed by atoms with Crippen LogP contribution in [-0.4, -0.2) is 55.6 Å². The molecule has 1 aliphatic rings. The molecule has 32 heavy (non-hydrogen) atoms. The minimum absolute atomic E-state index is 0.0594. The number of nitrogens with one attached hydrogen (secondary N) is 1. The van der Waals surface area contributed by atoms with Gasteiger partial charge in [-0.1, -0.05) is 36.4 Å². The maximum Gasteiger partial charge on any atom is 0.326 e. The summed E-state index contributed by atoms with van der Waals surface area (Å²) in [5, 5.41) is 22.4. The van der Waals surface area contributed by atoms with Gasteiger partial charge in [-0.2, -0.15) is 0 Å². The van der Waals surface area contributed by atoms with Gasteiger partial charge >= 0.3 is 5.97 Å². The summed E-state index contributed by atoms with van der Waals surface area (Å²) < 4.78 is -0.532. The topological polar surface area (TPSA) is 107 Å². The fourth-order valence-electron chi connectivity index (χ4n) is 3.96. The molecule has 0 saturated carbocycles. The van der Waals surface area contributed by atoms with Crippen LogP contribution in [0.5, 0.6) is 5.75 Å². The Hall–Kier alpha value is -3.00. The molecule has 1 fully saturated rings. The van der Waals surface area contributed by atoms with Gasteiger partial charge in [-0.3, -0.25) is 9.59 Å². The first-order chi connectivity index (χ1) is 15.1. The van der Waals surface area contributed by atoms with Gasteiger partial charge in [-0.15, -0.1) is 11.8 Å². The van der Waals surface area contributed by atoms with E-state index in [4.69, 9.17) is 0 Å². The number of benzene rings is 2. The van der Waals surface area contributed by atoms with E-state index in [-0.39, 0.29) is 18.1 Å². The average Bonchev–Trinajstić information content (AvgIpc) is 3.05. The van der Waals surface area contributed by atoms with Crippen LogP contribution >= 0.6 is 11.8 Å². The number of phenolic OH excluding ortho intramolecular Hbond substituents is 1. The zero-order chi connectivity index (χ0) is 23.5. The summed E-state index contributed by atoms with van der Waals surface area (Å²) in [6.45, 7) is 5.15. The molecule has 2 aromatic rings. The fourth-order valence-corrected chi connectivity index (χ4v) is 5.15. The van der Waals surface area contributed by atoms with Gasteiger partial charge in [-0.05, 0) is 49.1 Å². The Kier molecular flexibility index (Phi) is 7.13. The van der Waals surface area contributed by atoms with Crippen LogP contribution in [-0.2, 0) is 27.2 Å². The van der Waals surface area contributed by atoms with Crippen molar-refractivity contribution in [1.82, 2.24) is 10.2 Å². The summed E-state index contributed by atoms with van der Waals surface area (Å²) >= 11 is 1.49. The van der Waals surface area contributed by atoms with Gasteiger partial charge in [0.25, 0.3) is 0 Å². The largest absolute Gasteiger partial charge is 0.508 e. The van der Waals surface area contributed by atoms with Crippen molar-refractivity contribution in [3.05, 3.63) is 65.2 Å². The Morgan fingerprint density at radius 3 is 2.47 bits per heavy atom. The maximum absolute atomic E-state index is 13.1. The van der Waals surface area contributed by atoms with Crippen LogP contribution in [0.4, 0.5) is 0 Å². The Morgan fingerprint density at radius 1 is 1.16 bits per heavy atom. The molecule has 3 rings (SSSR count). The highest BCUT2D eigenvalue weighted by molar-refractivity contribution is 8.00. The van der Waals surface area contributed by atoms with E-state index in [0.29, 0.717) is 12.3 Å². The van der Waals surface area contributed by atoms with E-state index in [1.165, 1.54) is 29.7 Å². The zero-order valence-electron chi connectivity index (χ0n) is 18.4. The van der Waals surface area contributed by atoms with Crippen molar-refractivity contribution in [2.45, 2.75) is 50.4 Å². The SMILES string of the molecule is CC(=O)N1CSC(C)(C)C1C(=O)N[C@@H](Cc1ccc(O)cc1Cc1ccccc1)C(=O)O. The molecule has 2 amide bonds. The molecular formula is C24H28N2O5S. The van der Waals surface area contributed by atoms with Gasteiger partial charge in [0.1, 0.15) is 17.8 Å². The summed E-state index contributed by atoms with van der Waals surface area (Å²) in [6.07, 6.45) is 0.582. The lowest BCUT2D eigenvalue weighted by Crippen LogP contribution is -2.56. The number of amides is 2. The monoisotopic (exact) mass is 456 g/mol. The van der Waals surface area contributed by atoms with Crippen molar-refractivity contribution in [1.29, 1.82) is 0 Å². The number of hydrogen-bond acceptors (Lipinski definition) is 5. The molecule has 1 aliphatic heterocycles. The van der Waals surface area contributed by atoms with E-state index >= 15 is 0 Å². The summed E-state index contributed by atoms with van der Waals surface area (Å²) in [6, 6.07) is 12.6. The van der Waals surface area contributed by atoms with Gasteiger partial charge in [0, 0.05) is 18.1 Å². The molecular weight excluding hydrogens is 428 g/mol. The predicted molar refractivity (Wildman–Crippen MR) is 123 cm³/mol. The minimum atomic E-state index is -1.17. The van der Waals surface area contributed by atoms with Crippen molar-refractivity contribution in [2.24, 2.45) is 0 Å². The third-order valence-corrected chi connectivity index (χ3v) is 7.04. The Balaban J connectivity index is 1.82. The number of thioether (sulfide) groups is 1. The fraction of sp³-hybridized carbons (Fsp3) is 0.375. The number of phenols is 1. The van der Waals surface area contributed by atoms with Crippen molar-refractivity contribution < 1.29 is 24.6 Å². The van der Waals surface area contributed by atoms with E-state index in [0.717, 1.165) is 16.7 Å². The molecule has 0 radical (unpaired) electrons. The molecule has 0 aliphatic carbocycles. The van der Waals surface area contributed by atoms with Crippen LogP contribution in [0.1, 0.15) is 37.5 Å². The first kappa shape index (κ1) is 23.7. The van der Waals surface area contributed by atoms with Gasteiger partial charge in [0.15, 0.2) is 0 Å². The molecule has 0 spiro atoms. The van der Waals surface area contributed by atoms with E-state index in [1.54, 1.807) is 12.1 Å². The lowest BCUT2D eigenvalue weighted by Gasteiger charge is -2.30. The second kappa shape index (κ2) is 9.65. The second-order valence-electron chi connectivity index (χ2n) is 8.49. The van der Waals surface area contributed by atoms with Crippen molar-refractivity contribution in [3.8, 4) is 5.75 Å². The standard InChI is InChI=1S/C24H28N2O5S/c1-15(27)26-14-32-24(2,3)21(26)22(29)25-20(23(30)31)13-17-9-10-19(28)12-18(17)11-16-7-5-4-6-8-16/h4-10,12,20-21,28H,11,13-14H2,1-3H3,(H,25,29)(H,30,31)/t20-,21?/m0/s1. The van der Waals surface area contributed by atoms with Crippen LogP contribution in [0.15, 0.2) is 48.5 Å². The summed E-state index contributed by atoms with van der Waals surface area (Å²) in [5.74, 6) is -1.38. The summed E-state index contributed by atoms with van der Waals surface area (Å²) in [4.78, 5) is 38.6. The number of carboxylic acids is 1. The molecule has 3 N–H and O–H groups in total. The predicted octanol–water partition coefficient (Wildman–Crippen LogP) is 2.79. The number of aliphatic carboxylic acids is 1. The highest BCUT2D eigenvalue weighted by atomic mass is 32.2. The summed E-state index contributed by atoms with van der Waals surface area (Å²) in [5.41, 5.74) is 2.54. The molecule has 7 nitrogen and oxygen atoms in total. The van der Waals surface area contributed by atoms with Gasteiger partial charge in [0.05, 0.1) is 5.88 Å². The second-order valence-corrected chi connectivity index (χ2v) is 10.1. The Labute approximate surface area is 191 Å². The molecule has 2 atom stereocenters. The number of hydrogen-bond donors (Lipinski definition) is 3. The first-order valence-electron chi connectivity index (χ1n) is 10.4. The molecule has 1 heterocycles. The molecule has 0 bridgehead atoms. The molecule has 0 aromatic heterocycles. The zero-order valence-corrected chi connectivity index (χ0v) is 19.2. The highest BCUT2D eigenvalue weighted by Crippen LogP contribution is 2.39. The van der Waals surface area contributed by atoms with Crippen molar-refractivity contribution >= 4 is 29.5 Å². The third-order valence-electron chi connectivity index (χ3n) is 5.66. The Morgan fingerprint density at radius 2 is 1.84 bits per heavy atom. The number of carbonyl (C=O) groups excluding carboxylic acids is 2. The molecule has 1 saturated heterocycles. The lowest BCUT2D eigenvalue weighted by atomic mass is 9.94. The molecule has 1 unspecified atom stereocenters. The molecule has 2 aromatic carbocycles. The third kappa shape index (κ3) is 5.43. The van der Waals surface area contributed by atoms with Crippen molar-refractivity contribution in [2.75, 3.05) is 5.88 Å². The maximum atomic E-state index is 13.1. The number of carbonyl (C=O) groups is 3. The van der Waals surface area contributed by atoms with E-state index in [9.17, 15) is 24.6 Å². The van der Waals surface area contributed by atoms with Gasteiger partial charge < -0.3 is 20.4 Å². The number of rotatable bonds is 7. The molecule has 8 heteroatoms. The van der Waals surface area contributed by atoms with Crippen molar-refractivity contribution in [3.63, 3.8) is 0 Å². The highest BCUT2D eigenvalue weighted by Gasteiger charge is 2.47. The average molecular weight is 457 g/mol. The lowest BCUT2D eigenvalue weighted by molar-refractivity contribution is -0.144. The number of aromatic hydroxyl groups is 1. The van der Waals surface area contributed by atoms with E-state index < -0.39 is 28.7 Å². The quantitative estimate of drug-likeness (QED) is 0.592. The Bertz CT molecular complexity index is 1010. The first-order valence-corrected chi connectivity index (χ1v) is 11.4. The van der Waals surface area contributed by atoms with E-state index in [2.05, 4.69) is 5.32 Å². The van der Waals surface area contributed by atoms with E-state index in [1.807, 2.05) is 44.2 Å². The minimum Gasteiger partial charge on any atom is -0.508 e. The van der Waals surface area contributed by atoms with Crippen LogP contribution in [0.2, 0.25) is 0 Å². The molecule has 170 valence electrons. The normalized spacial score (nSPS) is 18.2. The van der Waals surface area contributed by atoms with Crippen LogP contribution in [0.3, 0.4) is 0 Å². The number of nitrogens with zero attached hydrogens (tertiary/aromatic N) is 1. The van der Waals surface area contributed by atoms with Crippen LogP contribution in [0.25, 0.3) is 0 Å². The van der Waals surface area contributed by atoms with Gasteiger partial charge in [-0.25, -0.2) is 4.79 Å². The van der Waals surface area contributed by atoms with Crippen LogP contribution < -0.4 is 5.32 Å². The smallest absolute Gasteiger partial charge is 0.326 e. The van der Waals surface area contributed by atoms with Gasteiger partial charge in [0.2, 0.25) is 11.8 Å². The summed E-state index contributed by atoms with van der Waals surface area (Å²) in [7, 11) is 0. The number of carboxylic acid groups (broad SMARTS) is 1. The van der Waals surface area contributed by atoms with Crippen LogP contribution in [0, 0.1) is 0 Å².